The van der Waals surface area contributed by atoms with Crippen LogP contribution < -0.4 is 0 Å². The standard InChI is InChI=1S/C23H21ClN6OS/c1-11-12(2)32-23-19(11)20(14-6-8-16(24)9-7-14)25-17(21-28-26-13(3)30(21)23)10-18-27-29-22(31-18)15-4-5-15/h6-9,15,17H,4-5,10H2,1-3H3/t17-/m0/s1. The summed E-state index contributed by atoms with van der Waals surface area (Å²) in [7, 11) is 0. The first-order valence-electron chi connectivity index (χ1n) is 10.7. The van der Waals surface area contributed by atoms with Crippen molar-refractivity contribution in [3.8, 4) is 5.00 Å². The molecule has 1 fully saturated rings. The Hall–Kier alpha value is -2.84. The van der Waals surface area contributed by atoms with Gasteiger partial charge in [0.05, 0.1) is 12.1 Å². The maximum absolute atomic E-state index is 6.18. The lowest BCUT2D eigenvalue weighted by atomic mass is 9.99. The predicted octanol–water partition coefficient (Wildman–Crippen LogP) is 5.30. The average molecular weight is 465 g/mol. The van der Waals surface area contributed by atoms with E-state index in [0.29, 0.717) is 23.3 Å². The summed E-state index contributed by atoms with van der Waals surface area (Å²) in [5.74, 6) is 3.37. The van der Waals surface area contributed by atoms with Gasteiger partial charge in [0, 0.05) is 26.9 Å². The summed E-state index contributed by atoms with van der Waals surface area (Å²) in [5, 5.41) is 19.3. The summed E-state index contributed by atoms with van der Waals surface area (Å²) in [4.78, 5) is 6.49. The first kappa shape index (κ1) is 19.8. The van der Waals surface area contributed by atoms with Crippen LogP contribution in [0.15, 0.2) is 33.7 Å². The van der Waals surface area contributed by atoms with Gasteiger partial charge in [-0.3, -0.25) is 9.56 Å². The molecule has 32 heavy (non-hydrogen) atoms. The van der Waals surface area contributed by atoms with E-state index in [-0.39, 0.29) is 6.04 Å². The Morgan fingerprint density at radius 1 is 1.06 bits per heavy atom. The second kappa shape index (κ2) is 7.35. The molecule has 0 radical (unpaired) electrons. The minimum absolute atomic E-state index is 0.298. The molecular formula is C23H21ClN6OS. The van der Waals surface area contributed by atoms with E-state index < -0.39 is 0 Å². The summed E-state index contributed by atoms with van der Waals surface area (Å²) >= 11 is 7.92. The Morgan fingerprint density at radius 3 is 2.59 bits per heavy atom. The van der Waals surface area contributed by atoms with Gasteiger partial charge in [0.2, 0.25) is 11.8 Å². The highest BCUT2D eigenvalue weighted by molar-refractivity contribution is 7.15. The number of aromatic nitrogens is 5. The molecule has 1 atom stereocenters. The molecule has 162 valence electrons. The number of hydrogen-bond acceptors (Lipinski definition) is 7. The van der Waals surface area contributed by atoms with E-state index in [9.17, 15) is 0 Å². The molecule has 1 aliphatic carbocycles. The van der Waals surface area contributed by atoms with Crippen molar-refractivity contribution in [2.75, 3.05) is 0 Å². The van der Waals surface area contributed by atoms with Gasteiger partial charge >= 0.3 is 0 Å². The second-order valence-corrected chi connectivity index (χ2v) is 10.1. The van der Waals surface area contributed by atoms with E-state index in [0.717, 1.165) is 52.2 Å². The second-order valence-electron chi connectivity index (χ2n) is 8.42. The van der Waals surface area contributed by atoms with Crippen molar-refractivity contribution in [2.45, 2.75) is 52.0 Å². The molecule has 4 heterocycles. The Morgan fingerprint density at radius 2 is 1.84 bits per heavy atom. The number of thiophene rings is 1. The summed E-state index contributed by atoms with van der Waals surface area (Å²) in [6.07, 6.45) is 2.72. The van der Waals surface area contributed by atoms with Gasteiger partial charge in [0.15, 0.2) is 5.82 Å². The predicted molar refractivity (Wildman–Crippen MR) is 123 cm³/mol. The highest BCUT2D eigenvalue weighted by atomic mass is 35.5. The Labute approximate surface area is 194 Å². The van der Waals surface area contributed by atoms with E-state index in [1.54, 1.807) is 11.3 Å². The van der Waals surface area contributed by atoms with Gasteiger partial charge in [-0.2, -0.15) is 0 Å². The van der Waals surface area contributed by atoms with E-state index in [2.05, 4.69) is 38.8 Å². The van der Waals surface area contributed by atoms with Crippen LogP contribution in [0.1, 0.15) is 69.8 Å². The molecule has 0 unspecified atom stereocenters. The third-order valence-corrected chi connectivity index (χ3v) is 7.58. The van der Waals surface area contributed by atoms with Crippen molar-refractivity contribution < 1.29 is 4.42 Å². The zero-order valence-electron chi connectivity index (χ0n) is 18.0. The monoisotopic (exact) mass is 464 g/mol. The number of hydrogen-bond donors (Lipinski definition) is 0. The fourth-order valence-electron chi connectivity index (χ4n) is 4.14. The molecule has 1 aliphatic heterocycles. The number of rotatable bonds is 4. The quantitative estimate of drug-likeness (QED) is 0.409. The summed E-state index contributed by atoms with van der Waals surface area (Å²) in [6, 6.07) is 7.54. The third kappa shape index (κ3) is 3.20. The number of fused-ring (bicyclic) bond motifs is 3. The first-order chi connectivity index (χ1) is 15.5. The Balaban J connectivity index is 1.53. The maximum atomic E-state index is 6.18. The topological polar surface area (TPSA) is 82.0 Å². The van der Waals surface area contributed by atoms with Crippen molar-refractivity contribution in [3.05, 3.63) is 74.3 Å². The zero-order valence-corrected chi connectivity index (χ0v) is 19.5. The van der Waals surface area contributed by atoms with Crippen LogP contribution in [-0.2, 0) is 6.42 Å². The maximum Gasteiger partial charge on any atom is 0.219 e. The minimum atomic E-state index is -0.298. The van der Waals surface area contributed by atoms with Crippen LogP contribution in [0.3, 0.4) is 0 Å². The molecule has 0 amide bonds. The Bertz CT molecular complexity index is 1360. The van der Waals surface area contributed by atoms with E-state index >= 15 is 0 Å². The molecule has 9 heteroatoms. The van der Waals surface area contributed by atoms with Crippen LogP contribution in [0.5, 0.6) is 0 Å². The van der Waals surface area contributed by atoms with Gasteiger partial charge < -0.3 is 4.42 Å². The summed E-state index contributed by atoms with van der Waals surface area (Å²) < 4.78 is 8.10. The first-order valence-corrected chi connectivity index (χ1v) is 11.9. The highest BCUT2D eigenvalue weighted by Gasteiger charge is 2.33. The van der Waals surface area contributed by atoms with Gasteiger partial charge in [-0.15, -0.1) is 31.7 Å². The smallest absolute Gasteiger partial charge is 0.219 e. The van der Waals surface area contributed by atoms with Crippen molar-refractivity contribution in [1.82, 2.24) is 25.0 Å². The highest BCUT2D eigenvalue weighted by Crippen LogP contribution is 2.41. The molecule has 6 rings (SSSR count). The number of nitrogens with zero attached hydrogens (tertiary/aromatic N) is 6. The van der Waals surface area contributed by atoms with Crippen LogP contribution >= 0.6 is 22.9 Å². The molecule has 0 saturated heterocycles. The molecule has 0 spiro atoms. The Kier molecular flexibility index (Phi) is 4.55. The molecular weight excluding hydrogens is 444 g/mol. The van der Waals surface area contributed by atoms with Crippen LogP contribution in [0.25, 0.3) is 5.00 Å². The van der Waals surface area contributed by atoms with Crippen molar-refractivity contribution in [3.63, 3.8) is 0 Å². The van der Waals surface area contributed by atoms with Crippen LogP contribution in [0.2, 0.25) is 5.02 Å². The van der Waals surface area contributed by atoms with Gasteiger partial charge in [-0.05, 0) is 51.3 Å². The van der Waals surface area contributed by atoms with Gasteiger partial charge in [-0.25, -0.2) is 0 Å². The average Bonchev–Trinajstić information content (AvgIpc) is 3.34. The van der Waals surface area contributed by atoms with Gasteiger partial charge in [0.25, 0.3) is 0 Å². The third-order valence-electron chi connectivity index (χ3n) is 6.13. The summed E-state index contributed by atoms with van der Waals surface area (Å²) in [5.41, 5.74) is 4.27. The van der Waals surface area contributed by atoms with E-state index in [4.69, 9.17) is 21.0 Å². The number of aliphatic imine (C=N–C) groups is 1. The van der Waals surface area contributed by atoms with E-state index in [1.165, 1.54) is 10.4 Å². The lowest BCUT2D eigenvalue weighted by molar-refractivity contribution is 0.433. The molecule has 0 bridgehead atoms. The molecule has 1 saturated carbocycles. The normalized spacial score (nSPS) is 17.6. The molecule has 3 aromatic heterocycles. The molecule has 0 N–H and O–H groups in total. The number of halogens is 1. The minimum Gasteiger partial charge on any atom is -0.425 e. The van der Waals surface area contributed by atoms with E-state index in [1.807, 2.05) is 31.2 Å². The van der Waals surface area contributed by atoms with Crippen molar-refractivity contribution in [2.24, 2.45) is 4.99 Å². The van der Waals surface area contributed by atoms with Crippen molar-refractivity contribution in [1.29, 1.82) is 0 Å². The summed E-state index contributed by atoms with van der Waals surface area (Å²) in [6.45, 7) is 6.27. The molecule has 1 aromatic carbocycles. The lowest BCUT2D eigenvalue weighted by Crippen LogP contribution is -2.09. The van der Waals surface area contributed by atoms with Gasteiger partial charge in [-0.1, -0.05) is 23.7 Å². The van der Waals surface area contributed by atoms with Crippen LogP contribution in [0.4, 0.5) is 0 Å². The zero-order chi connectivity index (χ0) is 22.0. The molecule has 2 aliphatic rings. The SMILES string of the molecule is Cc1sc2c(c1C)C(c1ccc(Cl)cc1)=N[C@@H](Cc1nnc(C3CC3)o1)c1nnc(C)n1-2. The van der Waals surface area contributed by atoms with Crippen molar-refractivity contribution >= 4 is 28.6 Å². The number of benzene rings is 1. The fourth-order valence-corrected chi connectivity index (χ4v) is 5.48. The largest absolute Gasteiger partial charge is 0.425 e. The number of aryl methyl sites for hydroxylation is 2. The molecule has 7 nitrogen and oxygen atoms in total. The fraction of sp³-hybridized carbons (Fsp3) is 0.348. The van der Waals surface area contributed by atoms with Crippen LogP contribution in [-0.4, -0.2) is 30.7 Å². The van der Waals surface area contributed by atoms with Gasteiger partial charge in [0.1, 0.15) is 16.9 Å². The van der Waals surface area contributed by atoms with Crippen LogP contribution in [0, 0.1) is 20.8 Å². The lowest BCUT2D eigenvalue weighted by Gasteiger charge is -2.11. The molecule has 4 aromatic rings.